The lowest BCUT2D eigenvalue weighted by molar-refractivity contribution is -0.126. The summed E-state index contributed by atoms with van der Waals surface area (Å²) in [7, 11) is 0. The molecule has 1 unspecified atom stereocenters. The molecule has 0 spiro atoms. The van der Waals surface area contributed by atoms with E-state index in [9.17, 15) is 4.79 Å². The van der Waals surface area contributed by atoms with Gasteiger partial charge in [0.15, 0.2) is 0 Å². The molecule has 1 aromatic heterocycles. The van der Waals surface area contributed by atoms with Crippen LogP contribution in [-0.4, -0.2) is 28.3 Å². The fourth-order valence-corrected chi connectivity index (χ4v) is 2.60. The number of aromatic nitrogens is 2. The molecule has 152 valence electrons. The van der Waals surface area contributed by atoms with Gasteiger partial charge in [0.05, 0.1) is 18.8 Å². The highest BCUT2D eigenvalue weighted by molar-refractivity contribution is 6.30. The molecule has 7 nitrogen and oxygen atoms in total. The zero-order chi connectivity index (χ0) is 20.9. The predicted molar refractivity (Wildman–Crippen MR) is 110 cm³/mol. The minimum absolute atomic E-state index is 0.152. The van der Waals surface area contributed by atoms with E-state index in [2.05, 4.69) is 15.5 Å². The van der Waals surface area contributed by atoms with Crippen LogP contribution < -0.4 is 11.1 Å². The number of carbonyl (C=O) groups is 1. The highest BCUT2D eigenvalue weighted by Crippen LogP contribution is 2.23. The van der Waals surface area contributed by atoms with Crippen molar-refractivity contribution in [1.82, 2.24) is 15.5 Å². The molecule has 2 aromatic carbocycles. The number of carbonyl (C=O) groups excluding carboxylic acids is 1. The van der Waals surface area contributed by atoms with E-state index in [1.54, 1.807) is 38.1 Å². The standard InChI is InChI=1S/C21H23ClN4O3/c1-21(2,23)20(27)24-17(13-28-12-14-6-4-3-5-7-14)19-26-25-18(29-19)15-8-10-16(22)11-9-15/h3-11,17H,12-13,23H2,1-2H3,(H,24,27). The molecule has 0 aliphatic carbocycles. The third kappa shape index (κ3) is 5.87. The van der Waals surface area contributed by atoms with Gasteiger partial charge in [-0.1, -0.05) is 41.9 Å². The minimum Gasteiger partial charge on any atom is -0.418 e. The van der Waals surface area contributed by atoms with Crippen molar-refractivity contribution < 1.29 is 13.9 Å². The van der Waals surface area contributed by atoms with Gasteiger partial charge in [-0.25, -0.2) is 0 Å². The van der Waals surface area contributed by atoms with Crippen molar-refractivity contribution in [3.05, 3.63) is 71.1 Å². The Hall–Kier alpha value is -2.74. The molecule has 0 aliphatic heterocycles. The SMILES string of the molecule is CC(C)(N)C(=O)NC(COCc1ccccc1)c1nnc(-c2ccc(Cl)cc2)o1. The number of nitrogens with two attached hydrogens (primary N) is 1. The van der Waals surface area contributed by atoms with Crippen LogP contribution in [0.4, 0.5) is 0 Å². The predicted octanol–water partition coefficient (Wildman–Crippen LogP) is 3.50. The number of amides is 1. The van der Waals surface area contributed by atoms with Crippen molar-refractivity contribution in [3.63, 3.8) is 0 Å². The van der Waals surface area contributed by atoms with Crippen LogP contribution in [0.2, 0.25) is 5.02 Å². The highest BCUT2D eigenvalue weighted by Gasteiger charge is 2.28. The molecule has 0 saturated carbocycles. The van der Waals surface area contributed by atoms with Crippen LogP contribution in [0, 0.1) is 0 Å². The number of rotatable bonds is 8. The average molecular weight is 415 g/mol. The first-order chi connectivity index (χ1) is 13.8. The summed E-state index contributed by atoms with van der Waals surface area (Å²) in [5, 5.41) is 11.6. The van der Waals surface area contributed by atoms with E-state index in [0.717, 1.165) is 11.1 Å². The number of ether oxygens (including phenoxy) is 1. The maximum atomic E-state index is 12.4. The van der Waals surface area contributed by atoms with Gasteiger partial charge in [-0.2, -0.15) is 0 Å². The number of benzene rings is 2. The first-order valence-electron chi connectivity index (χ1n) is 9.14. The van der Waals surface area contributed by atoms with E-state index in [1.165, 1.54) is 0 Å². The smallest absolute Gasteiger partial charge is 0.247 e. The first kappa shape index (κ1) is 21.0. The molecular weight excluding hydrogens is 392 g/mol. The van der Waals surface area contributed by atoms with Gasteiger partial charge in [0, 0.05) is 10.6 Å². The Kier molecular flexibility index (Phi) is 6.64. The quantitative estimate of drug-likeness (QED) is 0.584. The van der Waals surface area contributed by atoms with Gasteiger partial charge >= 0.3 is 0 Å². The van der Waals surface area contributed by atoms with Gasteiger partial charge in [-0.3, -0.25) is 4.79 Å². The van der Waals surface area contributed by atoms with Crippen molar-refractivity contribution in [2.45, 2.75) is 32.0 Å². The summed E-state index contributed by atoms with van der Waals surface area (Å²) in [5.74, 6) is 0.212. The number of hydrogen-bond donors (Lipinski definition) is 2. The normalized spacial score (nSPS) is 12.6. The Morgan fingerprint density at radius 2 is 1.86 bits per heavy atom. The fourth-order valence-electron chi connectivity index (χ4n) is 2.47. The van der Waals surface area contributed by atoms with Crippen LogP contribution >= 0.6 is 11.6 Å². The molecule has 3 rings (SSSR count). The lowest BCUT2D eigenvalue weighted by Crippen LogP contribution is -2.50. The molecule has 0 bridgehead atoms. The Morgan fingerprint density at radius 1 is 1.17 bits per heavy atom. The number of nitrogens with one attached hydrogen (secondary N) is 1. The van der Waals surface area contributed by atoms with Gasteiger partial charge in [0.1, 0.15) is 6.04 Å². The second kappa shape index (κ2) is 9.17. The molecule has 29 heavy (non-hydrogen) atoms. The summed E-state index contributed by atoms with van der Waals surface area (Å²) in [4.78, 5) is 12.4. The maximum Gasteiger partial charge on any atom is 0.247 e. The fraction of sp³-hybridized carbons (Fsp3) is 0.286. The molecule has 1 heterocycles. The average Bonchev–Trinajstić information content (AvgIpc) is 3.18. The van der Waals surface area contributed by atoms with E-state index in [4.69, 9.17) is 26.5 Å². The largest absolute Gasteiger partial charge is 0.418 e. The number of halogens is 1. The van der Waals surface area contributed by atoms with Crippen LogP contribution in [-0.2, 0) is 16.1 Å². The first-order valence-corrected chi connectivity index (χ1v) is 9.51. The second-order valence-corrected chi connectivity index (χ2v) is 7.64. The van der Waals surface area contributed by atoms with Gasteiger partial charge in [0.25, 0.3) is 0 Å². The van der Waals surface area contributed by atoms with Gasteiger partial charge in [-0.05, 0) is 43.7 Å². The molecule has 1 atom stereocenters. The lowest BCUT2D eigenvalue weighted by Gasteiger charge is -2.22. The summed E-state index contributed by atoms with van der Waals surface area (Å²) < 4.78 is 11.6. The Bertz CT molecular complexity index is 937. The molecular formula is C21H23ClN4O3. The molecule has 0 radical (unpaired) electrons. The van der Waals surface area contributed by atoms with Gasteiger partial charge in [-0.15, -0.1) is 10.2 Å². The Labute approximate surface area is 174 Å². The maximum absolute atomic E-state index is 12.4. The molecule has 8 heteroatoms. The van der Waals surface area contributed by atoms with Crippen molar-refractivity contribution in [1.29, 1.82) is 0 Å². The van der Waals surface area contributed by atoms with Crippen molar-refractivity contribution in [2.24, 2.45) is 5.73 Å². The van der Waals surface area contributed by atoms with Crippen LogP contribution in [0.15, 0.2) is 59.0 Å². The second-order valence-electron chi connectivity index (χ2n) is 7.20. The minimum atomic E-state index is -1.06. The molecule has 3 aromatic rings. The molecule has 0 aliphatic rings. The Morgan fingerprint density at radius 3 is 2.52 bits per heavy atom. The van der Waals surface area contributed by atoms with Crippen molar-refractivity contribution >= 4 is 17.5 Å². The molecule has 3 N–H and O–H groups in total. The summed E-state index contributed by atoms with van der Waals surface area (Å²) in [6.45, 7) is 3.78. The third-order valence-corrected chi connectivity index (χ3v) is 4.37. The molecule has 0 saturated heterocycles. The lowest BCUT2D eigenvalue weighted by atomic mass is 10.1. The van der Waals surface area contributed by atoms with Crippen LogP contribution in [0.3, 0.4) is 0 Å². The van der Waals surface area contributed by atoms with Gasteiger partial charge in [0.2, 0.25) is 17.7 Å². The van der Waals surface area contributed by atoms with Gasteiger partial charge < -0.3 is 20.2 Å². The summed E-state index contributed by atoms with van der Waals surface area (Å²) in [6, 6.07) is 16.1. The van der Waals surface area contributed by atoms with E-state index >= 15 is 0 Å². The topological polar surface area (TPSA) is 103 Å². The van der Waals surface area contributed by atoms with Crippen molar-refractivity contribution in [3.8, 4) is 11.5 Å². The summed E-state index contributed by atoms with van der Waals surface area (Å²) >= 11 is 5.92. The van der Waals surface area contributed by atoms with Crippen LogP contribution in [0.1, 0.15) is 31.3 Å². The highest BCUT2D eigenvalue weighted by atomic mass is 35.5. The number of nitrogens with zero attached hydrogens (tertiary/aromatic N) is 2. The zero-order valence-electron chi connectivity index (χ0n) is 16.3. The molecule has 1 amide bonds. The van der Waals surface area contributed by atoms with E-state index in [1.807, 2.05) is 30.3 Å². The summed E-state index contributed by atoms with van der Waals surface area (Å²) in [5.41, 5.74) is 6.59. The zero-order valence-corrected chi connectivity index (χ0v) is 17.0. The van der Waals surface area contributed by atoms with Crippen LogP contribution in [0.5, 0.6) is 0 Å². The van der Waals surface area contributed by atoms with E-state index in [0.29, 0.717) is 17.5 Å². The molecule has 0 fully saturated rings. The van der Waals surface area contributed by atoms with Crippen molar-refractivity contribution in [2.75, 3.05) is 6.61 Å². The summed E-state index contributed by atoms with van der Waals surface area (Å²) in [6.07, 6.45) is 0. The van der Waals surface area contributed by atoms with Crippen LogP contribution in [0.25, 0.3) is 11.5 Å². The number of hydrogen-bond acceptors (Lipinski definition) is 6. The third-order valence-electron chi connectivity index (χ3n) is 4.12. The monoisotopic (exact) mass is 414 g/mol. The van der Waals surface area contributed by atoms with E-state index < -0.39 is 11.6 Å². The Balaban J connectivity index is 1.75. The van der Waals surface area contributed by atoms with E-state index in [-0.39, 0.29) is 18.4 Å².